The van der Waals surface area contributed by atoms with E-state index in [0.29, 0.717) is 6.04 Å². The van der Waals surface area contributed by atoms with Crippen molar-refractivity contribution in [2.24, 2.45) is 0 Å². The normalized spacial score (nSPS) is 13.9. The van der Waals surface area contributed by atoms with Gasteiger partial charge in [-0.3, -0.25) is 0 Å². The molecule has 0 saturated heterocycles. The molecule has 1 heterocycles. The summed E-state index contributed by atoms with van der Waals surface area (Å²) >= 11 is 3.40. The summed E-state index contributed by atoms with van der Waals surface area (Å²) in [5.41, 5.74) is 6.72. The second-order valence-electron chi connectivity index (χ2n) is 7.95. The Morgan fingerprint density at radius 1 is 0.721 bits per heavy atom. The molecule has 2 aromatic rings. The summed E-state index contributed by atoms with van der Waals surface area (Å²) in [5, 5.41) is 0. The van der Waals surface area contributed by atoms with Gasteiger partial charge in [0.05, 0.1) is 0 Å². The number of rotatable bonds is 7. The Bertz CT molecular complexity index is 1270. The minimum Gasteiger partial charge on any atom is -0.0767 e. The first kappa shape index (κ1) is 44.0. The molecule has 0 fully saturated rings. The van der Waals surface area contributed by atoms with Crippen molar-refractivity contribution in [3.63, 3.8) is 0 Å². The average Bonchev–Trinajstić information content (AvgIpc) is 3.85. The van der Waals surface area contributed by atoms with Crippen LogP contribution in [0.2, 0.25) is 0 Å². The van der Waals surface area contributed by atoms with Crippen LogP contribution in [0.25, 0.3) is 0 Å². The maximum Gasteiger partial charge on any atom is 0.00506 e. The summed E-state index contributed by atoms with van der Waals surface area (Å²) in [7, 11) is 0. The Kier molecular flexibility index (Phi) is 30.7. The number of benzene rings is 2. The monoisotopic (exact) mass is 651 g/mol. The van der Waals surface area contributed by atoms with E-state index in [0.717, 1.165) is 6.54 Å². The summed E-state index contributed by atoms with van der Waals surface area (Å²) in [5.74, 6) is 0. The van der Waals surface area contributed by atoms with Crippen LogP contribution in [0, 0.1) is 46.1 Å². The number of nitrogens with zero attached hydrogens (tertiary/aromatic N) is 1. The molecule has 2 aliphatic carbocycles. The summed E-state index contributed by atoms with van der Waals surface area (Å²) in [6.07, 6.45) is 21.1. The maximum absolute atomic E-state index is 7.50. The fourth-order valence-electron chi connectivity index (χ4n) is 4.21. The third-order valence-corrected chi connectivity index (χ3v) is 6.48. The van der Waals surface area contributed by atoms with Crippen LogP contribution in [0.15, 0.2) is 120 Å². The standard InChI is InChI=1S/C25H24N.C5H5.5CO.Cr.Fe/c1-2-3-18-26-24(21-14-8-5-9-15-21)23(19-20-12-6-4-7-13-20)25(26)22-16-10-11-17-22;1-2-4-5-3-1;5*1-2;;/h4-17,24H,2-3,18H2,1H3;1-5H;;;;;;;. The van der Waals surface area contributed by atoms with Crippen molar-refractivity contribution in [3.05, 3.63) is 177 Å². The smallest absolute Gasteiger partial charge is 0.00506 e. The van der Waals surface area contributed by atoms with Gasteiger partial charge in [0.25, 0.3) is 0 Å². The zero-order chi connectivity index (χ0) is 32.2. The third kappa shape index (κ3) is 14.1. The van der Waals surface area contributed by atoms with E-state index < -0.39 is 0 Å². The molecule has 0 amide bonds. The molecule has 6 nitrogen and oxygen atoms in total. The summed E-state index contributed by atoms with van der Waals surface area (Å²) in [6.45, 7) is 25.8. The van der Waals surface area contributed by atoms with Crippen LogP contribution in [-0.2, 0) is 56.2 Å². The molecule has 0 saturated carbocycles. The Morgan fingerprint density at radius 3 is 1.65 bits per heavy atom. The van der Waals surface area contributed by atoms with E-state index in [1.54, 1.807) is 0 Å². The molecule has 3 aliphatic rings. The molecular weight excluding hydrogens is 622 g/mol. The largest absolute Gasteiger partial charge is 0.0767 e. The first-order valence-corrected chi connectivity index (χ1v) is 13.0. The third-order valence-electron chi connectivity index (χ3n) is 5.77. The summed E-state index contributed by atoms with van der Waals surface area (Å²) in [4.78, 5) is 2.59. The maximum atomic E-state index is 7.50. The Hall–Kier alpha value is -3.44. The molecule has 0 bridgehead atoms. The SMILES string of the molecule is CCCCN1C(C2=C[CH]C=C2)=C([C](=[Cr])c2ccccc2)C1c1ccccc1.[C-]#[O+].[C-]#[O+].[C-]#[O+].[C-]#[O+].[C-]#[O+].[CH]1C=CC=C1.[Fe]. The quantitative estimate of drug-likeness (QED) is 0.186. The van der Waals surface area contributed by atoms with Crippen molar-refractivity contribution in [1.29, 1.82) is 0 Å². The molecule has 1 unspecified atom stereocenters. The van der Waals surface area contributed by atoms with Crippen LogP contribution in [0.4, 0.5) is 0 Å². The van der Waals surface area contributed by atoms with Crippen LogP contribution in [0.5, 0.6) is 0 Å². The van der Waals surface area contributed by atoms with Gasteiger partial charge in [-0.1, -0.05) is 24.3 Å². The van der Waals surface area contributed by atoms with Crippen molar-refractivity contribution >= 4 is 4.38 Å². The van der Waals surface area contributed by atoms with Gasteiger partial charge in [-0.15, -0.1) is 0 Å². The van der Waals surface area contributed by atoms with Crippen LogP contribution < -0.4 is 0 Å². The predicted octanol–water partition coefficient (Wildman–Crippen LogP) is 6.69. The fraction of sp³-hybridized carbons (Fsp3) is 0.143. The van der Waals surface area contributed by atoms with Gasteiger partial charge in [0.15, 0.2) is 0 Å². The van der Waals surface area contributed by atoms with E-state index in [4.69, 9.17) is 23.3 Å². The minimum absolute atomic E-state index is 0. The predicted molar refractivity (Wildman–Crippen MR) is 152 cm³/mol. The molecule has 1 atom stereocenters. The summed E-state index contributed by atoms with van der Waals surface area (Å²) < 4.78 is 38.8. The van der Waals surface area contributed by atoms with Gasteiger partial charge in [-0.05, 0) is 0 Å². The van der Waals surface area contributed by atoms with E-state index in [1.165, 1.54) is 45.2 Å². The Morgan fingerprint density at radius 2 is 1.23 bits per heavy atom. The Balaban J connectivity index is -0.000000851. The second kappa shape index (κ2) is 30.0. The van der Waals surface area contributed by atoms with Crippen molar-refractivity contribution in [2.45, 2.75) is 25.8 Å². The molecule has 5 rings (SSSR count). The summed E-state index contributed by atoms with van der Waals surface area (Å²) in [6, 6.07) is 21.9. The number of unbranched alkanes of at least 4 members (excludes halogenated alkanes) is 1. The fourth-order valence-corrected chi connectivity index (χ4v) is 4.74. The van der Waals surface area contributed by atoms with Gasteiger partial charge in [-0.25, -0.2) is 0 Å². The van der Waals surface area contributed by atoms with Crippen LogP contribution >= 0.6 is 0 Å². The number of allylic oxidation sites excluding steroid dienone is 7. The first-order valence-electron chi connectivity index (χ1n) is 12.4. The first-order chi connectivity index (χ1) is 20.8. The van der Waals surface area contributed by atoms with Crippen molar-refractivity contribution < 1.29 is 56.2 Å². The molecule has 43 heavy (non-hydrogen) atoms. The number of hydrogen-bond donors (Lipinski definition) is 0. The van der Waals surface area contributed by atoms with Crippen molar-refractivity contribution in [2.75, 3.05) is 6.54 Å². The van der Waals surface area contributed by atoms with Gasteiger partial charge in [0.1, 0.15) is 0 Å². The van der Waals surface area contributed by atoms with Gasteiger partial charge >= 0.3 is 227 Å². The molecule has 1 aliphatic heterocycles. The van der Waals surface area contributed by atoms with E-state index in [2.05, 4.69) is 146 Å². The minimum atomic E-state index is 0. The molecule has 2 radical (unpaired) electrons. The van der Waals surface area contributed by atoms with Gasteiger partial charge in [-0.2, -0.15) is 0 Å². The van der Waals surface area contributed by atoms with E-state index in [9.17, 15) is 0 Å². The van der Waals surface area contributed by atoms with Gasteiger partial charge in [0, 0.05) is 23.5 Å². The zero-order valence-corrected chi connectivity index (χ0v) is 25.8. The van der Waals surface area contributed by atoms with Gasteiger partial charge in [0.2, 0.25) is 0 Å². The van der Waals surface area contributed by atoms with E-state index in [1.807, 2.05) is 30.7 Å². The molecule has 8 heteroatoms. The van der Waals surface area contributed by atoms with Crippen LogP contribution in [-0.4, -0.2) is 15.8 Å². The van der Waals surface area contributed by atoms with Crippen molar-refractivity contribution in [1.82, 2.24) is 4.90 Å². The van der Waals surface area contributed by atoms with Crippen LogP contribution in [0.1, 0.15) is 36.9 Å². The molecule has 218 valence electrons. The Labute approximate surface area is 274 Å². The molecule has 0 spiro atoms. The molecule has 0 N–H and O–H groups in total. The average molecular weight is 651 g/mol. The van der Waals surface area contributed by atoms with Crippen molar-refractivity contribution in [3.8, 4) is 0 Å². The van der Waals surface area contributed by atoms with Gasteiger partial charge < -0.3 is 0 Å². The van der Waals surface area contributed by atoms with Crippen LogP contribution in [0.3, 0.4) is 0 Å². The number of hydrogen-bond acceptors (Lipinski definition) is 1. The molecular formula is C35H29CrFeNO5. The molecule has 0 aromatic heterocycles. The zero-order valence-electron chi connectivity index (χ0n) is 23.4. The second-order valence-corrected chi connectivity index (χ2v) is 8.59. The van der Waals surface area contributed by atoms with E-state index >= 15 is 0 Å². The van der Waals surface area contributed by atoms with E-state index in [-0.39, 0.29) is 17.1 Å². The molecule has 2 aromatic carbocycles. The topological polar surface area (TPSA) is 103 Å².